The number of anilines is 1. The SMILES string of the molecule is O=C(CSc1nnc(COc2ccc(Cl)cc2)n1Cc1ccco1)Nc1ccc(F)cc1. The summed E-state index contributed by atoms with van der Waals surface area (Å²) in [7, 11) is 0. The van der Waals surface area contributed by atoms with Gasteiger partial charge in [0.2, 0.25) is 5.91 Å². The van der Waals surface area contributed by atoms with Gasteiger partial charge in [-0.1, -0.05) is 23.4 Å². The summed E-state index contributed by atoms with van der Waals surface area (Å²) in [6.07, 6.45) is 1.59. The van der Waals surface area contributed by atoms with Crippen molar-refractivity contribution >= 4 is 35.0 Å². The van der Waals surface area contributed by atoms with Gasteiger partial charge < -0.3 is 14.5 Å². The Morgan fingerprint density at radius 2 is 1.91 bits per heavy atom. The van der Waals surface area contributed by atoms with E-state index in [4.69, 9.17) is 20.8 Å². The summed E-state index contributed by atoms with van der Waals surface area (Å²) in [4.78, 5) is 12.3. The lowest BCUT2D eigenvalue weighted by molar-refractivity contribution is -0.113. The normalized spacial score (nSPS) is 10.8. The average Bonchev–Trinajstić information content (AvgIpc) is 3.44. The molecule has 2 aromatic heterocycles. The molecule has 0 aliphatic carbocycles. The van der Waals surface area contributed by atoms with E-state index in [2.05, 4.69) is 15.5 Å². The molecule has 10 heteroatoms. The average molecular weight is 473 g/mol. The van der Waals surface area contributed by atoms with Crippen molar-refractivity contribution in [1.29, 1.82) is 0 Å². The van der Waals surface area contributed by atoms with Crippen molar-refractivity contribution in [2.24, 2.45) is 0 Å². The summed E-state index contributed by atoms with van der Waals surface area (Å²) >= 11 is 7.14. The number of nitrogens with one attached hydrogen (secondary N) is 1. The monoisotopic (exact) mass is 472 g/mol. The highest BCUT2D eigenvalue weighted by molar-refractivity contribution is 7.99. The maximum absolute atomic E-state index is 13.0. The van der Waals surface area contributed by atoms with Crippen molar-refractivity contribution in [3.63, 3.8) is 0 Å². The minimum absolute atomic E-state index is 0.103. The third kappa shape index (κ3) is 5.89. The number of nitrogens with zero attached hydrogens (tertiary/aromatic N) is 3. The minimum Gasteiger partial charge on any atom is -0.486 e. The van der Waals surface area contributed by atoms with E-state index in [1.54, 1.807) is 36.6 Å². The number of hydrogen-bond acceptors (Lipinski definition) is 6. The van der Waals surface area contributed by atoms with Crippen molar-refractivity contribution in [2.45, 2.75) is 18.3 Å². The number of thioether (sulfide) groups is 1. The van der Waals surface area contributed by atoms with Gasteiger partial charge in [0, 0.05) is 10.7 Å². The van der Waals surface area contributed by atoms with Crippen LogP contribution in [-0.4, -0.2) is 26.4 Å². The van der Waals surface area contributed by atoms with Crippen molar-refractivity contribution in [3.05, 3.63) is 89.4 Å². The molecule has 7 nitrogen and oxygen atoms in total. The van der Waals surface area contributed by atoms with Crippen LogP contribution in [0.4, 0.5) is 10.1 Å². The summed E-state index contributed by atoms with van der Waals surface area (Å²) in [6.45, 7) is 0.568. The lowest BCUT2D eigenvalue weighted by Gasteiger charge is -2.10. The molecule has 0 fully saturated rings. The van der Waals surface area contributed by atoms with Crippen LogP contribution in [0.3, 0.4) is 0 Å². The lowest BCUT2D eigenvalue weighted by Crippen LogP contribution is -2.15. The molecule has 2 heterocycles. The number of carbonyl (C=O) groups is 1. The second-order valence-corrected chi connectivity index (χ2v) is 8.03. The van der Waals surface area contributed by atoms with E-state index < -0.39 is 0 Å². The van der Waals surface area contributed by atoms with E-state index in [-0.39, 0.29) is 24.1 Å². The minimum atomic E-state index is -0.364. The van der Waals surface area contributed by atoms with E-state index in [0.717, 1.165) is 5.76 Å². The number of halogens is 2. The molecule has 0 saturated heterocycles. The van der Waals surface area contributed by atoms with Crippen molar-refractivity contribution in [2.75, 3.05) is 11.1 Å². The van der Waals surface area contributed by atoms with Gasteiger partial charge in [0.25, 0.3) is 0 Å². The van der Waals surface area contributed by atoms with Crippen LogP contribution in [0.25, 0.3) is 0 Å². The van der Waals surface area contributed by atoms with Gasteiger partial charge in [-0.3, -0.25) is 9.36 Å². The summed E-state index contributed by atoms with van der Waals surface area (Å²) in [5, 5.41) is 12.3. The maximum Gasteiger partial charge on any atom is 0.234 e. The number of aromatic nitrogens is 3. The third-order valence-corrected chi connectivity index (χ3v) is 5.55. The summed E-state index contributed by atoms with van der Waals surface area (Å²) < 4.78 is 26.1. The number of rotatable bonds is 9. The molecular formula is C22H18ClFN4O3S. The predicted molar refractivity (Wildman–Crippen MR) is 119 cm³/mol. The largest absolute Gasteiger partial charge is 0.486 e. The van der Waals surface area contributed by atoms with Gasteiger partial charge >= 0.3 is 0 Å². The highest BCUT2D eigenvalue weighted by Gasteiger charge is 2.16. The number of benzene rings is 2. The predicted octanol–water partition coefficient (Wildman–Crippen LogP) is 5.02. The Morgan fingerprint density at radius 1 is 1.12 bits per heavy atom. The van der Waals surface area contributed by atoms with E-state index in [1.165, 1.54) is 36.0 Å². The molecule has 0 aliphatic heterocycles. The van der Waals surface area contributed by atoms with Gasteiger partial charge in [-0.05, 0) is 60.7 Å². The van der Waals surface area contributed by atoms with Gasteiger partial charge in [0.15, 0.2) is 11.0 Å². The Kier molecular flexibility index (Phi) is 7.08. The number of furan rings is 1. The third-order valence-electron chi connectivity index (χ3n) is 4.33. The maximum atomic E-state index is 13.0. The number of hydrogen-bond donors (Lipinski definition) is 1. The molecule has 1 N–H and O–H groups in total. The van der Waals surface area contributed by atoms with Crippen LogP contribution in [0.15, 0.2) is 76.5 Å². The smallest absolute Gasteiger partial charge is 0.234 e. The van der Waals surface area contributed by atoms with Gasteiger partial charge in [0.1, 0.15) is 23.9 Å². The van der Waals surface area contributed by atoms with Gasteiger partial charge in [-0.25, -0.2) is 4.39 Å². The molecule has 1 amide bonds. The molecule has 0 atom stereocenters. The molecule has 0 radical (unpaired) electrons. The quantitative estimate of drug-likeness (QED) is 0.344. The fourth-order valence-electron chi connectivity index (χ4n) is 2.79. The summed E-state index contributed by atoms with van der Waals surface area (Å²) in [5.74, 6) is 1.44. The Balaban J connectivity index is 1.43. The molecular weight excluding hydrogens is 455 g/mol. The first-order valence-corrected chi connectivity index (χ1v) is 10.9. The lowest BCUT2D eigenvalue weighted by atomic mass is 10.3. The summed E-state index contributed by atoms with van der Waals surface area (Å²) in [6, 6.07) is 16.2. The van der Waals surface area contributed by atoms with Crippen molar-refractivity contribution in [3.8, 4) is 5.75 Å². The molecule has 164 valence electrons. The molecule has 2 aromatic carbocycles. The van der Waals surface area contributed by atoms with Crippen LogP contribution in [0, 0.1) is 5.82 Å². The molecule has 0 unspecified atom stereocenters. The highest BCUT2D eigenvalue weighted by Crippen LogP contribution is 2.22. The molecule has 0 spiro atoms. The van der Waals surface area contributed by atoms with Gasteiger partial charge in [-0.2, -0.15) is 0 Å². The molecule has 32 heavy (non-hydrogen) atoms. The fraction of sp³-hybridized carbons (Fsp3) is 0.136. The standard InChI is InChI=1S/C22H18ClFN4O3S/c23-15-3-9-18(10-4-15)31-13-20-26-27-22(28(20)12-19-2-1-11-30-19)32-14-21(29)25-17-7-5-16(24)6-8-17/h1-11H,12-14H2,(H,25,29). The molecule has 4 rings (SSSR count). The van der Waals surface area contributed by atoms with E-state index >= 15 is 0 Å². The van der Waals surface area contributed by atoms with Crippen LogP contribution in [0.5, 0.6) is 5.75 Å². The van der Waals surface area contributed by atoms with Crippen molar-refractivity contribution in [1.82, 2.24) is 14.8 Å². The zero-order chi connectivity index (χ0) is 22.3. The van der Waals surface area contributed by atoms with Gasteiger partial charge in [-0.15, -0.1) is 10.2 Å². The van der Waals surface area contributed by atoms with E-state index in [9.17, 15) is 9.18 Å². The van der Waals surface area contributed by atoms with Crippen LogP contribution < -0.4 is 10.1 Å². The van der Waals surface area contributed by atoms with Crippen LogP contribution in [0.1, 0.15) is 11.6 Å². The highest BCUT2D eigenvalue weighted by atomic mass is 35.5. The van der Waals surface area contributed by atoms with E-state index in [0.29, 0.717) is 34.0 Å². The molecule has 0 saturated carbocycles. The topological polar surface area (TPSA) is 82.2 Å². The second-order valence-electron chi connectivity index (χ2n) is 6.65. The summed E-state index contributed by atoms with van der Waals surface area (Å²) in [5.41, 5.74) is 0.520. The van der Waals surface area contributed by atoms with Crippen LogP contribution in [-0.2, 0) is 17.9 Å². The zero-order valence-electron chi connectivity index (χ0n) is 16.7. The first-order valence-electron chi connectivity index (χ1n) is 9.58. The Labute approximate surface area is 192 Å². The first-order chi connectivity index (χ1) is 15.6. The van der Waals surface area contributed by atoms with Crippen molar-refractivity contribution < 1.29 is 18.3 Å². The number of ether oxygens (including phenoxy) is 1. The zero-order valence-corrected chi connectivity index (χ0v) is 18.3. The molecule has 4 aromatic rings. The Bertz CT molecular complexity index is 1170. The first kappa shape index (κ1) is 21.9. The van der Waals surface area contributed by atoms with Gasteiger partial charge in [0.05, 0.1) is 18.6 Å². The Morgan fingerprint density at radius 3 is 2.62 bits per heavy atom. The fourth-order valence-corrected chi connectivity index (χ4v) is 3.67. The van der Waals surface area contributed by atoms with Crippen LogP contribution in [0.2, 0.25) is 5.02 Å². The van der Waals surface area contributed by atoms with Crippen LogP contribution >= 0.6 is 23.4 Å². The molecule has 0 bridgehead atoms. The number of carbonyl (C=O) groups excluding carboxylic acids is 1. The Hall–Kier alpha value is -3.30. The second kappa shape index (κ2) is 10.3. The van der Waals surface area contributed by atoms with E-state index in [1.807, 2.05) is 10.6 Å². The number of amides is 1. The molecule has 0 aliphatic rings.